The summed E-state index contributed by atoms with van der Waals surface area (Å²) in [6.45, 7) is 3.44. The minimum absolute atomic E-state index is 0.0724. The predicted octanol–water partition coefficient (Wildman–Crippen LogP) is 2.46. The molecule has 0 saturated heterocycles. The van der Waals surface area contributed by atoms with E-state index in [4.69, 9.17) is 11.6 Å². The molecule has 1 rings (SSSR count). The van der Waals surface area contributed by atoms with Gasteiger partial charge < -0.3 is 4.74 Å². The number of esters is 1. The topological polar surface area (TPSA) is 43.4 Å². The summed E-state index contributed by atoms with van der Waals surface area (Å²) in [7, 11) is 0. The van der Waals surface area contributed by atoms with E-state index in [1.807, 2.05) is 0 Å². The Morgan fingerprint density at radius 1 is 1.41 bits per heavy atom. The Morgan fingerprint density at radius 2 is 2.12 bits per heavy atom. The van der Waals surface area contributed by atoms with E-state index in [2.05, 4.69) is 16.6 Å². The smallest absolute Gasteiger partial charge is 0.384 e. The van der Waals surface area contributed by atoms with Gasteiger partial charge in [0.1, 0.15) is 0 Å². The van der Waals surface area contributed by atoms with Crippen LogP contribution in [0.5, 0.6) is 0 Å². The molecule has 0 aliphatic heterocycles. The third kappa shape index (κ3) is 3.93. The molecule has 0 aliphatic carbocycles. The Bertz CT molecular complexity index is 509. The second-order valence-electron chi connectivity index (χ2n) is 3.22. The van der Waals surface area contributed by atoms with Gasteiger partial charge in [0.15, 0.2) is 5.78 Å². The van der Waals surface area contributed by atoms with Crippen LogP contribution in [0.2, 0.25) is 5.02 Å². The Balaban J connectivity index is 2.93. The predicted molar refractivity (Wildman–Crippen MR) is 65.0 cm³/mol. The van der Waals surface area contributed by atoms with Crippen LogP contribution >= 0.6 is 11.6 Å². The van der Waals surface area contributed by atoms with Gasteiger partial charge in [0.25, 0.3) is 0 Å². The number of benzene rings is 1. The Hall–Kier alpha value is -1.79. The van der Waals surface area contributed by atoms with Gasteiger partial charge in [-0.2, -0.15) is 0 Å². The van der Waals surface area contributed by atoms with Gasteiger partial charge in [0, 0.05) is 17.0 Å². The SMILES string of the molecule is CCOC(=O)C#Cc1ccc(C(C)=O)cc1Cl. The summed E-state index contributed by atoms with van der Waals surface area (Å²) in [5, 5.41) is 0.342. The third-order valence-corrected chi connectivity index (χ3v) is 2.26. The molecule has 0 amide bonds. The normalized spacial score (nSPS) is 9.12. The maximum Gasteiger partial charge on any atom is 0.384 e. The quantitative estimate of drug-likeness (QED) is 0.460. The lowest BCUT2D eigenvalue weighted by atomic mass is 10.1. The largest absolute Gasteiger partial charge is 0.456 e. The summed E-state index contributed by atoms with van der Waals surface area (Å²) in [5.74, 6) is 4.23. The lowest BCUT2D eigenvalue weighted by Crippen LogP contribution is -1.99. The van der Waals surface area contributed by atoms with Crippen molar-refractivity contribution in [3.63, 3.8) is 0 Å². The fraction of sp³-hybridized carbons (Fsp3) is 0.231. The molecule has 88 valence electrons. The zero-order valence-corrected chi connectivity index (χ0v) is 10.3. The van der Waals surface area contributed by atoms with Gasteiger partial charge in [-0.15, -0.1) is 0 Å². The number of ether oxygens (including phenoxy) is 1. The molecule has 17 heavy (non-hydrogen) atoms. The van der Waals surface area contributed by atoms with E-state index >= 15 is 0 Å². The molecule has 0 fully saturated rings. The molecule has 0 aliphatic rings. The van der Waals surface area contributed by atoms with Gasteiger partial charge in [-0.1, -0.05) is 23.6 Å². The van der Waals surface area contributed by atoms with Crippen molar-refractivity contribution in [2.45, 2.75) is 13.8 Å². The van der Waals surface area contributed by atoms with Crippen molar-refractivity contribution in [3.8, 4) is 11.8 Å². The van der Waals surface area contributed by atoms with Crippen molar-refractivity contribution >= 4 is 23.4 Å². The first-order chi connectivity index (χ1) is 8.04. The van der Waals surface area contributed by atoms with Crippen molar-refractivity contribution in [2.75, 3.05) is 6.61 Å². The molecule has 4 heteroatoms. The monoisotopic (exact) mass is 250 g/mol. The second kappa shape index (κ2) is 6.07. The highest BCUT2D eigenvalue weighted by molar-refractivity contribution is 6.32. The van der Waals surface area contributed by atoms with Crippen LogP contribution in [0, 0.1) is 11.8 Å². The maximum absolute atomic E-state index is 11.1. The molecule has 0 spiro atoms. The number of hydrogen-bond acceptors (Lipinski definition) is 3. The third-order valence-electron chi connectivity index (χ3n) is 1.95. The van der Waals surface area contributed by atoms with Gasteiger partial charge in [0.05, 0.1) is 11.6 Å². The molecule has 0 N–H and O–H groups in total. The molecule has 0 saturated carbocycles. The van der Waals surface area contributed by atoms with Crippen LogP contribution in [0.25, 0.3) is 0 Å². The highest BCUT2D eigenvalue weighted by Gasteiger charge is 2.03. The van der Waals surface area contributed by atoms with E-state index in [1.54, 1.807) is 19.1 Å². The summed E-state index contributed by atoms with van der Waals surface area (Å²) in [4.78, 5) is 22.1. The molecule has 0 atom stereocenters. The van der Waals surface area contributed by atoms with Crippen molar-refractivity contribution < 1.29 is 14.3 Å². The lowest BCUT2D eigenvalue weighted by Gasteiger charge is -1.99. The standard InChI is InChI=1S/C13H11ClO3/c1-3-17-13(16)7-6-10-4-5-11(9(2)15)8-12(10)14/h4-5,8H,3H2,1-2H3. The van der Waals surface area contributed by atoms with Crippen molar-refractivity contribution in [3.05, 3.63) is 34.3 Å². The van der Waals surface area contributed by atoms with E-state index in [1.165, 1.54) is 13.0 Å². The molecular formula is C13H11ClO3. The molecule has 1 aromatic carbocycles. The molecule has 0 heterocycles. The zero-order valence-electron chi connectivity index (χ0n) is 9.54. The number of hydrogen-bond donors (Lipinski definition) is 0. The summed E-state index contributed by atoms with van der Waals surface area (Å²) in [5.41, 5.74) is 1.00. The lowest BCUT2D eigenvalue weighted by molar-refractivity contribution is -0.136. The molecule has 0 aromatic heterocycles. The van der Waals surface area contributed by atoms with Crippen LogP contribution in [0.4, 0.5) is 0 Å². The van der Waals surface area contributed by atoms with Gasteiger partial charge in [-0.05, 0) is 26.0 Å². The van der Waals surface area contributed by atoms with Gasteiger partial charge in [-0.25, -0.2) is 4.79 Å². The van der Waals surface area contributed by atoms with Crippen molar-refractivity contribution in [1.82, 2.24) is 0 Å². The van der Waals surface area contributed by atoms with Crippen LogP contribution in [0.3, 0.4) is 0 Å². The van der Waals surface area contributed by atoms with E-state index in [-0.39, 0.29) is 12.4 Å². The minimum atomic E-state index is -0.598. The van der Waals surface area contributed by atoms with E-state index in [0.717, 1.165) is 0 Å². The first kappa shape index (κ1) is 13.3. The highest BCUT2D eigenvalue weighted by atomic mass is 35.5. The van der Waals surface area contributed by atoms with Gasteiger partial charge in [0.2, 0.25) is 0 Å². The Kier molecular flexibility index (Phi) is 4.74. The number of halogens is 1. The molecule has 0 unspecified atom stereocenters. The fourth-order valence-corrected chi connectivity index (χ4v) is 1.35. The van der Waals surface area contributed by atoms with Crippen LogP contribution in [-0.4, -0.2) is 18.4 Å². The van der Waals surface area contributed by atoms with E-state index in [9.17, 15) is 9.59 Å². The van der Waals surface area contributed by atoms with Crippen LogP contribution in [0.1, 0.15) is 29.8 Å². The number of rotatable bonds is 2. The molecular weight excluding hydrogens is 240 g/mol. The average Bonchev–Trinajstić information content (AvgIpc) is 2.27. The maximum atomic E-state index is 11.1. The first-order valence-corrected chi connectivity index (χ1v) is 5.41. The fourth-order valence-electron chi connectivity index (χ4n) is 1.12. The van der Waals surface area contributed by atoms with Crippen LogP contribution < -0.4 is 0 Å². The van der Waals surface area contributed by atoms with Crippen LogP contribution in [0.15, 0.2) is 18.2 Å². The van der Waals surface area contributed by atoms with E-state index < -0.39 is 5.97 Å². The number of Topliss-reactive ketones (excluding diaryl/α,β-unsaturated/α-hetero) is 1. The Morgan fingerprint density at radius 3 is 2.65 bits per heavy atom. The number of ketones is 1. The van der Waals surface area contributed by atoms with Crippen molar-refractivity contribution in [1.29, 1.82) is 0 Å². The number of carbonyl (C=O) groups is 2. The average molecular weight is 251 g/mol. The first-order valence-electron chi connectivity index (χ1n) is 5.04. The minimum Gasteiger partial charge on any atom is -0.456 e. The summed E-state index contributed by atoms with van der Waals surface area (Å²) < 4.78 is 4.66. The zero-order chi connectivity index (χ0) is 12.8. The second-order valence-corrected chi connectivity index (χ2v) is 3.63. The van der Waals surface area contributed by atoms with Gasteiger partial charge >= 0.3 is 5.97 Å². The molecule has 0 radical (unpaired) electrons. The summed E-state index contributed by atoms with van der Waals surface area (Å²) >= 11 is 5.93. The van der Waals surface area contributed by atoms with Gasteiger partial charge in [-0.3, -0.25) is 4.79 Å². The molecule has 3 nitrogen and oxygen atoms in total. The Labute approximate surface area is 105 Å². The molecule has 0 bridgehead atoms. The summed E-state index contributed by atoms with van der Waals surface area (Å²) in [6, 6.07) is 4.74. The van der Waals surface area contributed by atoms with Crippen molar-refractivity contribution in [2.24, 2.45) is 0 Å². The number of carbonyl (C=O) groups excluding carboxylic acids is 2. The molecule has 1 aromatic rings. The van der Waals surface area contributed by atoms with Crippen LogP contribution in [-0.2, 0) is 9.53 Å². The highest BCUT2D eigenvalue weighted by Crippen LogP contribution is 2.17. The summed E-state index contributed by atoms with van der Waals surface area (Å²) in [6.07, 6.45) is 0. The van der Waals surface area contributed by atoms with E-state index in [0.29, 0.717) is 16.1 Å².